The van der Waals surface area contributed by atoms with Gasteiger partial charge in [0.05, 0.1) is 12.6 Å². The highest BCUT2D eigenvalue weighted by molar-refractivity contribution is 5.67. The van der Waals surface area contributed by atoms with Gasteiger partial charge in [0.1, 0.15) is 11.4 Å². The second kappa shape index (κ2) is 5.82. The van der Waals surface area contributed by atoms with Crippen LogP contribution in [0.25, 0.3) is 0 Å². The highest BCUT2D eigenvalue weighted by Gasteiger charge is 2.18. The van der Waals surface area contributed by atoms with E-state index in [9.17, 15) is 14.3 Å². The molecule has 0 aromatic heterocycles. The number of carbonyl (C=O) groups is 1. The van der Waals surface area contributed by atoms with Gasteiger partial charge in [-0.15, -0.1) is 0 Å². The lowest BCUT2D eigenvalue weighted by molar-refractivity contribution is 0.0490. The SMILES string of the molecule is CC(C)(C)OC(=O)NC[C@@H](O)c1ccccc1F. The molecular formula is C13H18FNO3. The van der Waals surface area contributed by atoms with Gasteiger partial charge in [0.2, 0.25) is 0 Å². The number of rotatable bonds is 3. The molecule has 5 heteroatoms. The highest BCUT2D eigenvalue weighted by Crippen LogP contribution is 2.15. The number of benzene rings is 1. The Morgan fingerprint density at radius 3 is 2.61 bits per heavy atom. The topological polar surface area (TPSA) is 58.6 Å². The molecule has 0 spiro atoms. The summed E-state index contributed by atoms with van der Waals surface area (Å²) >= 11 is 0. The van der Waals surface area contributed by atoms with E-state index in [2.05, 4.69) is 5.32 Å². The van der Waals surface area contributed by atoms with Gasteiger partial charge in [-0.3, -0.25) is 0 Å². The van der Waals surface area contributed by atoms with E-state index in [0.29, 0.717) is 0 Å². The zero-order chi connectivity index (χ0) is 13.8. The van der Waals surface area contributed by atoms with E-state index in [4.69, 9.17) is 4.74 Å². The quantitative estimate of drug-likeness (QED) is 0.871. The molecule has 0 fully saturated rings. The van der Waals surface area contributed by atoms with Gasteiger partial charge in [-0.05, 0) is 26.8 Å². The van der Waals surface area contributed by atoms with Crippen LogP contribution in [0, 0.1) is 5.82 Å². The maximum Gasteiger partial charge on any atom is 0.407 e. The van der Waals surface area contributed by atoms with Crippen molar-refractivity contribution >= 4 is 6.09 Å². The molecule has 0 saturated heterocycles. The maximum atomic E-state index is 13.3. The molecule has 18 heavy (non-hydrogen) atoms. The van der Waals surface area contributed by atoms with Crippen molar-refractivity contribution in [1.82, 2.24) is 5.32 Å². The van der Waals surface area contributed by atoms with Crippen LogP contribution >= 0.6 is 0 Å². The average Bonchev–Trinajstić information content (AvgIpc) is 2.24. The molecule has 0 aliphatic heterocycles. The lowest BCUT2D eigenvalue weighted by atomic mass is 10.1. The smallest absolute Gasteiger partial charge is 0.407 e. The molecular weight excluding hydrogens is 237 g/mol. The largest absolute Gasteiger partial charge is 0.444 e. The molecule has 0 radical (unpaired) electrons. The Labute approximate surface area is 106 Å². The van der Waals surface area contributed by atoms with E-state index in [0.717, 1.165) is 0 Å². The Bertz CT molecular complexity index is 415. The molecule has 100 valence electrons. The molecule has 4 nitrogen and oxygen atoms in total. The third-order valence-electron chi connectivity index (χ3n) is 2.10. The van der Waals surface area contributed by atoms with E-state index in [1.807, 2.05) is 0 Å². The van der Waals surface area contributed by atoms with Crippen LogP contribution in [0.4, 0.5) is 9.18 Å². The summed E-state index contributed by atoms with van der Waals surface area (Å²) in [5, 5.41) is 12.1. The Morgan fingerprint density at radius 2 is 2.06 bits per heavy atom. The number of alkyl carbamates (subject to hydrolysis) is 1. The summed E-state index contributed by atoms with van der Waals surface area (Å²) in [6.45, 7) is 5.11. The minimum atomic E-state index is -1.10. The summed E-state index contributed by atoms with van der Waals surface area (Å²) in [7, 11) is 0. The fraction of sp³-hybridized carbons (Fsp3) is 0.462. The third-order valence-corrected chi connectivity index (χ3v) is 2.10. The Morgan fingerprint density at radius 1 is 1.44 bits per heavy atom. The lowest BCUT2D eigenvalue weighted by Crippen LogP contribution is -2.34. The second-order valence-electron chi connectivity index (χ2n) is 4.92. The van der Waals surface area contributed by atoms with E-state index in [1.165, 1.54) is 18.2 Å². The number of halogens is 1. The first kappa shape index (κ1) is 14.4. The number of carbonyl (C=O) groups excluding carboxylic acids is 1. The minimum Gasteiger partial charge on any atom is -0.444 e. The standard InChI is InChI=1S/C13H18FNO3/c1-13(2,3)18-12(17)15-8-11(16)9-6-4-5-7-10(9)14/h4-7,11,16H,8H2,1-3H3,(H,15,17)/t11-/m1/s1. The van der Waals surface area contributed by atoms with Crippen LogP contribution in [0.5, 0.6) is 0 Å². The van der Waals surface area contributed by atoms with Crippen molar-refractivity contribution in [3.63, 3.8) is 0 Å². The van der Waals surface area contributed by atoms with Crippen molar-refractivity contribution in [2.45, 2.75) is 32.5 Å². The first-order valence-electron chi connectivity index (χ1n) is 5.69. The van der Waals surface area contributed by atoms with Crippen LogP contribution in [-0.4, -0.2) is 23.3 Å². The molecule has 1 rings (SSSR count). The summed E-state index contributed by atoms with van der Waals surface area (Å²) in [5.74, 6) is -0.504. The van der Waals surface area contributed by atoms with Crippen molar-refractivity contribution in [3.8, 4) is 0 Å². The highest BCUT2D eigenvalue weighted by atomic mass is 19.1. The van der Waals surface area contributed by atoms with Crippen LogP contribution in [0.1, 0.15) is 32.4 Å². The van der Waals surface area contributed by atoms with Crippen LogP contribution < -0.4 is 5.32 Å². The summed E-state index contributed by atoms with van der Waals surface area (Å²) < 4.78 is 18.3. The Kier molecular flexibility index (Phi) is 4.67. The number of hydrogen-bond donors (Lipinski definition) is 2. The van der Waals surface area contributed by atoms with Gasteiger partial charge >= 0.3 is 6.09 Å². The molecule has 1 amide bonds. The molecule has 0 bridgehead atoms. The molecule has 1 aromatic rings. The van der Waals surface area contributed by atoms with Crippen LogP contribution in [0.3, 0.4) is 0 Å². The van der Waals surface area contributed by atoms with Crippen molar-refractivity contribution in [2.75, 3.05) is 6.54 Å². The van der Waals surface area contributed by atoms with Crippen LogP contribution in [0.2, 0.25) is 0 Å². The molecule has 2 N–H and O–H groups in total. The number of nitrogens with one attached hydrogen (secondary N) is 1. The predicted octanol–water partition coefficient (Wildman–Crippen LogP) is 2.38. The van der Waals surface area contributed by atoms with Crippen molar-refractivity contribution in [1.29, 1.82) is 0 Å². The molecule has 0 aliphatic carbocycles. The van der Waals surface area contributed by atoms with Gasteiger partial charge in [0.25, 0.3) is 0 Å². The first-order chi connectivity index (χ1) is 8.29. The summed E-state index contributed by atoms with van der Waals surface area (Å²) in [6, 6.07) is 5.88. The minimum absolute atomic E-state index is 0.101. The van der Waals surface area contributed by atoms with Gasteiger partial charge < -0.3 is 15.2 Å². The monoisotopic (exact) mass is 255 g/mol. The molecule has 1 atom stereocenters. The predicted molar refractivity (Wildman–Crippen MR) is 65.6 cm³/mol. The van der Waals surface area contributed by atoms with Crippen LogP contribution in [-0.2, 0) is 4.74 Å². The fourth-order valence-corrected chi connectivity index (χ4v) is 1.35. The normalized spacial score (nSPS) is 12.9. The number of hydrogen-bond acceptors (Lipinski definition) is 3. The maximum absolute atomic E-state index is 13.3. The Balaban J connectivity index is 2.49. The summed E-state index contributed by atoms with van der Waals surface area (Å²) in [4.78, 5) is 11.3. The zero-order valence-electron chi connectivity index (χ0n) is 10.7. The van der Waals surface area contributed by atoms with Gasteiger partial charge in [0.15, 0.2) is 0 Å². The number of aliphatic hydroxyl groups excluding tert-OH is 1. The molecule has 0 unspecified atom stereocenters. The Hall–Kier alpha value is -1.62. The molecule has 0 aliphatic rings. The number of ether oxygens (including phenoxy) is 1. The van der Waals surface area contributed by atoms with Gasteiger partial charge in [-0.25, -0.2) is 9.18 Å². The molecule has 0 saturated carbocycles. The lowest BCUT2D eigenvalue weighted by Gasteiger charge is -2.20. The van der Waals surface area contributed by atoms with Crippen LogP contribution in [0.15, 0.2) is 24.3 Å². The first-order valence-corrected chi connectivity index (χ1v) is 5.69. The van der Waals surface area contributed by atoms with Gasteiger partial charge in [0, 0.05) is 5.56 Å². The second-order valence-corrected chi connectivity index (χ2v) is 4.92. The molecule has 0 heterocycles. The summed E-state index contributed by atoms with van der Waals surface area (Å²) in [5.41, 5.74) is -0.457. The molecule has 1 aromatic carbocycles. The van der Waals surface area contributed by atoms with E-state index in [-0.39, 0.29) is 12.1 Å². The van der Waals surface area contributed by atoms with E-state index in [1.54, 1.807) is 26.8 Å². The fourth-order valence-electron chi connectivity index (χ4n) is 1.35. The summed E-state index contributed by atoms with van der Waals surface area (Å²) in [6.07, 6.45) is -1.74. The van der Waals surface area contributed by atoms with E-state index >= 15 is 0 Å². The zero-order valence-corrected chi connectivity index (χ0v) is 10.7. The van der Waals surface area contributed by atoms with E-state index < -0.39 is 23.6 Å². The average molecular weight is 255 g/mol. The van der Waals surface area contributed by atoms with Gasteiger partial charge in [-0.2, -0.15) is 0 Å². The number of amides is 1. The van der Waals surface area contributed by atoms with Crippen molar-refractivity contribution in [2.24, 2.45) is 0 Å². The number of aliphatic hydroxyl groups is 1. The van der Waals surface area contributed by atoms with Crippen molar-refractivity contribution < 1.29 is 19.0 Å². The van der Waals surface area contributed by atoms with Crippen molar-refractivity contribution in [3.05, 3.63) is 35.6 Å². The van der Waals surface area contributed by atoms with Gasteiger partial charge in [-0.1, -0.05) is 18.2 Å². The third kappa shape index (κ3) is 4.71.